The van der Waals surface area contributed by atoms with Crippen molar-refractivity contribution >= 4 is 0 Å². The molecule has 2 N–H and O–H groups in total. The highest BCUT2D eigenvalue weighted by atomic mass is 16.3. The number of rotatable bonds is 6. The minimum Gasteiger partial charge on any atom is -0.387 e. The number of hydrogen-bond donors (Lipinski definition) is 2. The minimum absolute atomic E-state index is 0.398. The van der Waals surface area contributed by atoms with Crippen molar-refractivity contribution in [3.05, 3.63) is 35.4 Å². The van der Waals surface area contributed by atoms with E-state index < -0.39 is 6.10 Å². The molecule has 106 valence electrons. The van der Waals surface area contributed by atoms with Crippen LogP contribution in [0.5, 0.6) is 0 Å². The summed E-state index contributed by atoms with van der Waals surface area (Å²) in [7, 11) is 0. The van der Waals surface area contributed by atoms with E-state index in [9.17, 15) is 5.11 Å². The molecule has 0 amide bonds. The molecule has 0 radical (unpaired) electrons. The van der Waals surface area contributed by atoms with Crippen molar-refractivity contribution in [2.75, 3.05) is 13.1 Å². The van der Waals surface area contributed by atoms with E-state index in [1.807, 2.05) is 12.1 Å². The average Bonchev–Trinajstić information content (AvgIpc) is 2.36. The molecule has 0 heterocycles. The molecule has 2 nitrogen and oxygen atoms in total. The van der Waals surface area contributed by atoms with E-state index in [4.69, 9.17) is 0 Å². The molecular formula is C17H27NO. The standard InChI is InChI=1S/C17H27NO/c1-13(2)14-5-7-15(8-6-14)16(19)11-18-12-17(3)9-4-10-17/h5-8,13,16,18-19H,4,9-12H2,1-3H3. The number of hydrogen-bond acceptors (Lipinski definition) is 2. The van der Waals surface area contributed by atoms with E-state index in [0.717, 1.165) is 12.1 Å². The van der Waals surface area contributed by atoms with Crippen molar-refractivity contribution in [1.82, 2.24) is 5.32 Å². The average molecular weight is 261 g/mol. The molecule has 1 aromatic carbocycles. The van der Waals surface area contributed by atoms with Crippen molar-refractivity contribution in [3.63, 3.8) is 0 Å². The molecule has 1 saturated carbocycles. The molecule has 0 aromatic heterocycles. The molecular weight excluding hydrogens is 234 g/mol. The highest BCUT2D eigenvalue weighted by molar-refractivity contribution is 5.26. The lowest BCUT2D eigenvalue weighted by atomic mass is 9.70. The second-order valence-corrected chi connectivity index (χ2v) is 6.63. The Balaban J connectivity index is 1.80. The quantitative estimate of drug-likeness (QED) is 0.819. The van der Waals surface area contributed by atoms with Crippen LogP contribution in [0.4, 0.5) is 0 Å². The van der Waals surface area contributed by atoms with Gasteiger partial charge in [0.1, 0.15) is 0 Å². The normalized spacial score (nSPS) is 19.2. The Bertz CT molecular complexity index is 392. The molecule has 2 heteroatoms. The summed E-state index contributed by atoms with van der Waals surface area (Å²) in [6.45, 7) is 8.37. The fraction of sp³-hybridized carbons (Fsp3) is 0.647. The number of benzene rings is 1. The van der Waals surface area contributed by atoms with Gasteiger partial charge >= 0.3 is 0 Å². The molecule has 1 aromatic rings. The Kier molecular flexibility index (Phi) is 4.64. The number of aliphatic hydroxyl groups is 1. The van der Waals surface area contributed by atoms with Gasteiger partial charge in [0.25, 0.3) is 0 Å². The van der Waals surface area contributed by atoms with E-state index in [2.05, 4.69) is 38.2 Å². The lowest BCUT2D eigenvalue weighted by Gasteiger charge is -2.38. The summed E-state index contributed by atoms with van der Waals surface area (Å²) >= 11 is 0. The third-order valence-electron chi connectivity index (χ3n) is 4.44. The first kappa shape index (κ1) is 14.5. The summed E-state index contributed by atoms with van der Waals surface area (Å²) in [6, 6.07) is 8.34. The van der Waals surface area contributed by atoms with E-state index >= 15 is 0 Å². The van der Waals surface area contributed by atoms with Crippen LogP contribution in [-0.2, 0) is 0 Å². The topological polar surface area (TPSA) is 32.3 Å². The summed E-state index contributed by atoms with van der Waals surface area (Å²) in [5.41, 5.74) is 2.81. The second kappa shape index (κ2) is 6.06. The van der Waals surface area contributed by atoms with Crippen LogP contribution in [0.1, 0.15) is 63.2 Å². The van der Waals surface area contributed by atoms with Crippen molar-refractivity contribution in [1.29, 1.82) is 0 Å². The number of aliphatic hydroxyl groups excluding tert-OH is 1. The summed E-state index contributed by atoms with van der Waals surface area (Å²) in [5.74, 6) is 0.544. The second-order valence-electron chi connectivity index (χ2n) is 6.63. The number of nitrogens with one attached hydrogen (secondary N) is 1. The third kappa shape index (κ3) is 3.80. The molecule has 0 bridgehead atoms. The van der Waals surface area contributed by atoms with Gasteiger partial charge in [-0.1, -0.05) is 51.5 Å². The van der Waals surface area contributed by atoms with Crippen LogP contribution in [-0.4, -0.2) is 18.2 Å². The summed E-state index contributed by atoms with van der Waals surface area (Å²) in [6.07, 6.45) is 3.60. The molecule has 1 fully saturated rings. The molecule has 19 heavy (non-hydrogen) atoms. The van der Waals surface area contributed by atoms with Crippen LogP contribution < -0.4 is 5.32 Å². The molecule has 2 rings (SSSR count). The van der Waals surface area contributed by atoms with Crippen LogP contribution in [0.25, 0.3) is 0 Å². The first-order valence-corrected chi connectivity index (χ1v) is 7.49. The lowest BCUT2D eigenvalue weighted by molar-refractivity contribution is 0.133. The van der Waals surface area contributed by atoms with Crippen LogP contribution in [0.15, 0.2) is 24.3 Å². The van der Waals surface area contributed by atoms with Crippen molar-refractivity contribution < 1.29 is 5.11 Å². The van der Waals surface area contributed by atoms with Crippen LogP contribution in [0.2, 0.25) is 0 Å². The van der Waals surface area contributed by atoms with Crippen molar-refractivity contribution in [2.24, 2.45) is 5.41 Å². The Morgan fingerprint density at radius 2 is 1.74 bits per heavy atom. The predicted molar refractivity (Wildman–Crippen MR) is 80.3 cm³/mol. The van der Waals surface area contributed by atoms with E-state index in [1.165, 1.54) is 24.8 Å². The molecule has 1 unspecified atom stereocenters. The zero-order valence-corrected chi connectivity index (χ0v) is 12.4. The van der Waals surface area contributed by atoms with Crippen LogP contribution >= 0.6 is 0 Å². The summed E-state index contributed by atoms with van der Waals surface area (Å²) < 4.78 is 0. The molecule has 0 aliphatic heterocycles. The van der Waals surface area contributed by atoms with Gasteiger partial charge in [-0.3, -0.25) is 0 Å². The highest BCUT2D eigenvalue weighted by Gasteiger charge is 2.31. The Morgan fingerprint density at radius 3 is 2.21 bits per heavy atom. The fourth-order valence-electron chi connectivity index (χ4n) is 2.69. The van der Waals surface area contributed by atoms with Gasteiger partial charge in [-0.2, -0.15) is 0 Å². The van der Waals surface area contributed by atoms with Crippen LogP contribution in [0, 0.1) is 5.41 Å². The van der Waals surface area contributed by atoms with Gasteiger partial charge in [-0.05, 0) is 35.3 Å². The highest BCUT2D eigenvalue weighted by Crippen LogP contribution is 2.39. The Morgan fingerprint density at radius 1 is 1.16 bits per heavy atom. The molecule has 0 saturated heterocycles. The maximum absolute atomic E-state index is 10.2. The molecule has 1 atom stereocenters. The van der Waals surface area contributed by atoms with Gasteiger partial charge < -0.3 is 10.4 Å². The Labute approximate surface area is 117 Å². The largest absolute Gasteiger partial charge is 0.387 e. The lowest BCUT2D eigenvalue weighted by Crippen LogP contribution is -2.38. The van der Waals surface area contributed by atoms with Crippen molar-refractivity contribution in [2.45, 2.75) is 52.1 Å². The zero-order chi connectivity index (χ0) is 13.9. The van der Waals surface area contributed by atoms with Crippen LogP contribution in [0.3, 0.4) is 0 Å². The van der Waals surface area contributed by atoms with Gasteiger partial charge in [0, 0.05) is 13.1 Å². The fourth-order valence-corrected chi connectivity index (χ4v) is 2.69. The van der Waals surface area contributed by atoms with E-state index in [0.29, 0.717) is 17.9 Å². The molecule has 1 aliphatic rings. The maximum atomic E-state index is 10.2. The smallest absolute Gasteiger partial charge is 0.0914 e. The minimum atomic E-state index is -0.398. The van der Waals surface area contributed by atoms with Gasteiger partial charge in [0.15, 0.2) is 0 Å². The predicted octanol–water partition coefficient (Wildman–Crippen LogP) is 3.62. The van der Waals surface area contributed by atoms with Gasteiger partial charge in [-0.25, -0.2) is 0 Å². The van der Waals surface area contributed by atoms with Gasteiger partial charge in [-0.15, -0.1) is 0 Å². The van der Waals surface area contributed by atoms with E-state index in [-0.39, 0.29) is 0 Å². The maximum Gasteiger partial charge on any atom is 0.0914 e. The molecule has 1 aliphatic carbocycles. The monoisotopic (exact) mass is 261 g/mol. The van der Waals surface area contributed by atoms with Gasteiger partial charge in [0.05, 0.1) is 6.10 Å². The first-order valence-electron chi connectivity index (χ1n) is 7.49. The zero-order valence-electron chi connectivity index (χ0n) is 12.4. The van der Waals surface area contributed by atoms with Crippen molar-refractivity contribution in [3.8, 4) is 0 Å². The third-order valence-corrected chi connectivity index (χ3v) is 4.44. The molecule has 0 spiro atoms. The van der Waals surface area contributed by atoms with E-state index in [1.54, 1.807) is 0 Å². The summed E-state index contributed by atoms with van der Waals surface area (Å²) in [5, 5.41) is 13.6. The van der Waals surface area contributed by atoms with Gasteiger partial charge in [0.2, 0.25) is 0 Å². The first-order chi connectivity index (χ1) is 9.00. The Hall–Kier alpha value is -0.860. The SMILES string of the molecule is CC(C)c1ccc(C(O)CNCC2(C)CCC2)cc1. The summed E-state index contributed by atoms with van der Waals surface area (Å²) in [4.78, 5) is 0.